The molecule has 11 nitrogen and oxygen atoms in total. The predicted molar refractivity (Wildman–Crippen MR) is 177 cm³/mol. The monoisotopic (exact) mass is 675 g/mol. The number of carbonyl (C=O) groups excluding carboxylic acids is 2. The molecule has 242 valence electrons. The Hall–Kier alpha value is -4.75. The van der Waals surface area contributed by atoms with E-state index >= 15 is 0 Å². The second kappa shape index (κ2) is 13.2. The molecular formula is C33H31ClFN7O4S. The molecule has 1 N–H and O–H groups in total. The van der Waals surface area contributed by atoms with Crippen molar-refractivity contribution in [3.63, 3.8) is 0 Å². The molecule has 3 aromatic heterocycles. The molecule has 1 fully saturated rings. The minimum absolute atomic E-state index is 0.0251. The number of rotatable bonds is 8. The first-order chi connectivity index (χ1) is 22.9. The average molecular weight is 676 g/mol. The van der Waals surface area contributed by atoms with E-state index in [4.69, 9.17) is 21.1 Å². The number of anilines is 2. The van der Waals surface area contributed by atoms with Crippen LogP contribution in [0.2, 0.25) is 5.02 Å². The lowest BCUT2D eigenvalue weighted by molar-refractivity contribution is -0.133. The summed E-state index contributed by atoms with van der Waals surface area (Å²) < 4.78 is 26.2. The number of benzene rings is 2. The van der Waals surface area contributed by atoms with Gasteiger partial charge in [-0.25, -0.2) is 19.2 Å². The van der Waals surface area contributed by atoms with Gasteiger partial charge >= 0.3 is 6.09 Å². The highest BCUT2D eigenvalue weighted by molar-refractivity contribution is 7.22. The molecule has 0 spiro atoms. The van der Waals surface area contributed by atoms with Crippen molar-refractivity contribution in [2.75, 3.05) is 38.1 Å². The molecule has 0 saturated carbocycles. The molecule has 0 atom stereocenters. The number of piperazine rings is 1. The van der Waals surface area contributed by atoms with Crippen LogP contribution in [0.25, 0.3) is 20.7 Å². The zero-order valence-corrected chi connectivity index (χ0v) is 27.1. The molecule has 1 aliphatic carbocycles. The molecule has 1 aliphatic heterocycles. The van der Waals surface area contributed by atoms with Crippen molar-refractivity contribution in [2.24, 2.45) is 0 Å². The first kappa shape index (κ1) is 30.9. The van der Waals surface area contributed by atoms with E-state index < -0.39 is 0 Å². The molecule has 4 heterocycles. The molecule has 5 aromatic rings. The van der Waals surface area contributed by atoms with Crippen LogP contribution in [0.3, 0.4) is 0 Å². The van der Waals surface area contributed by atoms with Gasteiger partial charge in [-0.05, 0) is 61.2 Å². The van der Waals surface area contributed by atoms with Gasteiger partial charge in [0.25, 0.3) is 0 Å². The van der Waals surface area contributed by atoms with Crippen molar-refractivity contribution in [2.45, 2.75) is 32.9 Å². The van der Waals surface area contributed by atoms with Crippen LogP contribution < -0.4 is 10.1 Å². The van der Waals surface area contributed by atoms with E-state index in [9.17, 15) is 14.0 Å². The lowest BCUT2D eigenvalue weighted by Crippen LogP contribution is -2.51. The topological polar surface area (TPSA) is 115 Å². The minimum Gasteiger partial charge on any atom is -0.487 e. The predicted octanol–water partition coefficient (Wildman–Crippen LogP) is 6.07. The number of aromatic nitrogens is 4. The van der Waals surface area contributed by atoms with Crippen molar-refractivity contribution in [3.05, 3.63) is 82.6 Å². The maximum absolute atomic E-state index is 13.5. The fraction of sp³-hybridized carbons (Fsp3) is 0.303. The normalized spacial score (nSPS) is 14.1. The van der Waals surface area contributed by atoms with E-state index in [-0.39, 0.29) is 31.0 Å². The van der Waals surface area contributed by atoms with E-state index in [1.807, 2.05) is 12.3 Å². The molecule has 0 radical (unpaired) electrons. The van der Waals surface area contributed by atoms with Crippen molar-refractivity contribution in [1.82, 2.24) is 29.5 Å². The summed E-state index contributed by atoms with van der Waals surface area (Å²) in [5.41, 5.74) is 4.61. The lowest BCUT2D eigenvalue weighted by Gasteiger charge is -2.34. The molecule has 14 heteroatoms. The average Bonchev–Trinajstić information content (AvgIpc) is 3.66. The molecule has 2 aliphatic rings. The van der Waals surface area contributed by atoms with E-state index in [0.717, 1.165) is 50.4 Å². The van der Waals surface area contributed by atoms with E-state index in [1.54, 1.807) is 57.0 Å². The number of hydrogen-bond donors (Lipinski definition) is 1. The SMILES string of the molecule is CCOC(=O)N1CCN(C(=O)Cn2ncc3c2CCc2c-3sc3ncnc(Nc4ccc(OCc5cccc(F)c5)c(Cl)c4)c23)CC1. The summed E-state index contributed by atoms with van der Waals surface area (Å²) in [5.74, 6) is 0.819. The number of nitrogens with one attached hydrogen (secondary N) is 1. The number of fused-ring (bicyclic) bond motifs is 5. The van der Waals surface area contributed by atoms with Crippen LogP contribution in [-0.2, 0) is 35.5 Å². The molecule has 47 heavy (non-hydrogen) atoms. The van der Waals surface area contributed by atoms with E-state index in [0.29, 0.717) is 54.9 Å². The minimum atomic E-state index is -0.339. The van der Waals surface area contributed by atoms with Crippen molar-refractivity contribution >= 4 is 56.7 Å². The third kappa shape index (κ3) is 6.32. The number of halogens is 2. The smallest absolute Gasteiger partial charge is 0.409 e. The van der Waals surface area contributed by atoms with Crippen molar-refractivity contribution in [1.29, 1.82) is 0 Å². The number of amides is 2. The molecular weight excluding hydrogens is 645 g/mol. The summed E-state index contributed by atoms with van der Waals surface area (Å²) in [6.45, 7) is 4.27. The van der Waals surface area contributed by atoms with Crippen LogP contribution in [0.4, 0.5) is 20.7 Å². The van der Waals surface area contributed by atoms with Crippen LogP contribution in [0, 0.1) is 5.82 Å². The maximum atomic E-state index is 13.5. The Kier molecular flexibility index (Phi) is 8.65. The molecule has 0 bridgehead atoms. The molecule has 7 rings (SSSR count). The van der Waals surface area contributed by atoms with Crippen LogP contribution >= 0.6 is 22.9 Å². The number of thiophene rings is 1. The zero-order chi connectivity index (χ0) is 32.5. The largest absolute Gasteiger partial charge is 0.487 e. The Morgan fingerprint density at radius 2 is 1.89 bits per heavy atom. The van der Waals surface area contributed by atoms with E-state index in [2.05, 4.69) is 20.4 Å². The summed E-state index contributed by atoms with van der Waals surface area (Å²) in [4.78, 5) is 39.7. The Balaban J connectivity index is 1.06. The van der Waals surface area contributed by atoms with Gasteiger partial charge in [0.1, 0.15) is 41.7 Å². The molecule has 1 saturated heterocycles. The van der Waals surface area contributed by atoms with Gasteiger partial charge in [-0.15, -0.1) is 11.3 Å². The van der Waals surface area contributed by atoms with Gasteiger partial charge in [-0.1, -0.05) is 23.7 Å². The third-order valence-electron chi connectivity index (χ3n) is 8.31. The lowest BCUT2D eigenvalue weighted by atomic mass is 9.95. The van der Waals surface area contributed by atoms with Crippen molar-refractivity contribution in [3.8, 4) is 16.2 Å². The first-order valence-corrected chi connectivity index (χ1v) is 16.5. The number of hydrogen-bond acceptors (Lipinski definition) is 9. The fourth-order valence-corrected chi connectivity index (χ4v) is 7.44. The zero-order valence-electron chi connectivity index (χ0n) is 25.5. The first-order valence-electron chi connectivity index (χ1n) is 15.3. The molecule has 0 unspecified atom stereocenters. The van der Waals surface area contributed by atoms with Crippen LogP contribution in [-0.4, -0.2) is 74.3 Å². The van der Waals surface area contributed by atoms with Gasteiger partial charge in [-0.2, -0.15) is 5.10 Å². The van der Waals surface area contributed by atoms with Gasteiger partial charge in [0.05, 0.1) is 23.2 Å². The summed E-state index contributed by atoms with van der Waals surface area (Å²) >= 11 is 8.14. The Labute approximate surface area is 278 Å². The van der Waals surface area contributed by atoms with Gasteiger partial charge in [-0.3, -0.25) is 9.48 Å². The van der Waals surface area contributed by atoms with Gasteiger partial charge in [0, 0.05) is 48.0 Å². The summed E-state index contributed by atoms with van der Waals surface area (Å²) in [6, 6.07) is 11.6. The van der Waals surface area contributed by atoms with Crippen LogP contribution in [0.15, 0.2) is 55.0 Å². The standard InChI is InChI=1S/C33H31ClFN7O4S/c1-2-45-33(44)41-12-10-40(11-13-41)28(43)17-42-26-8-7-23-29-31(36-19-37-32(29)47-30(23)24(26)16-38-42)39-22-6-9-27(25(34)15-22)46-18-20-4-3-5-21(35)14-20/h3-6,9,14-16,19H,2,7-8,10-13,17-18H2,1H3,(H,36,37,39). The highest BCUT2D eigenvalue weighted by Gasteiger charge is 2.29. The van der Waals surface area contributed by atoms with Crippen molar-refractivity contribution < 1.29 is 23.5 Å². The Morgan fingerprint density at radius 3 is 2.68 bits per heavy atom. The second-order valence-electron chi connectivity index (χ2n) is 11.2. The van der Waals surface area contributed by atoms with Crippen LogP contribution in [0.5, 0.6) is 5.75 Å². The van der Waals surface area contributed by atoms with Gasteiger partial charge in [0.15, 0.2) is 0 Å². The fourth-order valence-electron chi connectivity index (χ4n) is 5.99. The maximum Gasteiger partial charge on any atom is 0.409 e. The number of ether oxygens (including phenoxy) is 2. The molecule has 2 amide bonds. The highest BCUT2D eigenvalue weighted by atomic mass is 35.5. The van der Waals surface area contributed by atoms with Gasteiger partial charge < -0.3 is 24.6 Å². The molecule has 2 aromatic carbocycles. The Morgan fingerprint density at radius 1 is 1.06 bits per heavy atom. The summed E-state index contributed by atoms with van der Waals surface area (Å²) in [6.07, 6.45) is 4.49. The number of nitrogens with zero attached hydrogens (tertiary/aromatic N) is 6. The third-order valence-corrected chi connectivity index (χ3v) is 9.78. The van der Waals surface area contributed by atoms with E-state index in [1.165, 1.54) is 18.5 Å². The summed E-state index contributed by atoms with van der Waals surface area (Å²) in [7, 11) is 0. The van der Waals surface area contributed by atoms with Crippen LogP contribution in [0.1, 0.15) is 23.7 Å². The quantitative estimate of drug-likeness (QED) is 0.211. The van der Waals surface area contributed by atoms with Gasteiger partial charge in [0.2, 0.25) is 5.91 Å². The second-order valence-corrected chi connectivity index (χ2v) is 12.6. The highest BCUT2D eigenvalue weighted by Crippen LogP contribution is 2.45. The Bertz CT molecular complexity index is 1970. The summed E-state index contributed by atoms with van der Waals surface area (Å²) in [5, 5.41) is 9.38. The number of aryl methyl sites for hydroxylation is 1. The number of carbonyl (C=O) groups is 2.